The van der Waals surface area contributed by atoms with Crippen LogP contribution in [0, 0.1) is 13.8 Å². The van der Waals surface area contributed by atoms with E-state index in [0.717, 1.165) is 24.6 Å². The van der Waals surface area contributed by atoms with Crippen molar-refractivity contribution in [2.24, 2.45) is 0 Å². The summed E-state index contributed by atoms with van der Waals surface area (Å²) >= 11 is 1.86. The van der Waals surface area contributed by atoms with Crippen LogP contribution in [-0.4, -0.2) is 18.1 Å². The van der Waals surface area contributed by atoms with Crippen molar-refractivity contribution >= 4 is 22.8 Å². The highest BCUT2D eigenvalue weighted by atomic mass is 32.1. The third kappa shape index (κ3) is 3.76. The van der Waals surface area contributed by atoms with Crippen molar-refractivity contribution in [3.05, 3.63) is 39.7 Å². The lowest BCUT2D eigenvalue weighted by Gasteiger charge is -2.20. The highest BCUT2D eigenvalue weighted by molar-refractivity contribution is 7.12. The summed E-state index contributed by atoms with van der Waals surface area (Å²) in [6, 6.07) is 6.78. The molecule has 2 rings (SSSR count). The second-order valence-corrected chi connectivity index (χ2v) is 6.77. The van der Waals surface area contributed by atoms with E-state index in [1.54, 1.807) is 0 Å². The van der Waals surface area contributed by atoms with E-state index >= 15 is 0 Å². The molecule has 0 aliphatic carbocycles. The van der Waals surface area contributed by atoms with E-state index < -0.39 is 0 Å². The number of thiophene rings is 1. The van der Waals surface area contributed by atoms with Gasteiger partial charge >= 0.3 is 0 Å². The monoisotopic (exact) mass is 303 g/mol. The fourth-order valence-corrected chi connectivity index (χ4v) is 3.64. The number of pyridine rings is 1. The van der Waals surface area contributed by atoms with Gasteiger partial charge in [-0.15, -0.1) is 11.3 Å². The molecule has 3 nitrogen and oxygen atoms in total. The standard InChI is InChI=1S/C17H25N3S/c1-6-20(7-2)17-9-8-15(11-18-17)19-13(4)16-10-12(3)21-14(16)5/h8-11,13,19H,6-7H2,1-5H3. The summed E-state index contributed by atoms with van der Waals surface area (Å²) in [7, 11) is 0. The molecule has 0 saturated heterocycles. The fourth-order valence-electron chi connectivity index (χ4n) is 2.61. The molecule has 0 aliphatic heterocycles. The van der Waals surface area contributed by atoms with E-state index in [0.29, 0.717) is 6.04 Å². The number of rotatable bonds is 6. The summed E-state index contributed by atoms with van der Waals surface area (Å²) in [6.45, 7) is 12.8. The van der Waals surface area contributed by atoms with Crippen molar-refractivity contribution in [2.45, 2.75) is 40.7 Å². The lowest BCUT2D eigenvalue weighted by Crippen LogP contribution is -2.22. The van der Waals surface area contributed by atoms with Gasteiger partial charge in [0.25, 0.3) is 0 Å². The lowest BCUT2D eigenvalue weighted by atomic mass is 10.1. The molecule has 21 heavy (non-hydrogen) atoms. The van der Waals surface area contributed by atoms with Gasteiger partial charge in [-0.2, -0.15) is 0 Å². The van der Waals surface area contributed by atoms with Crippen LogP contribution in [0.15, 0.2) is 24.4 Å². The first-order chi connectivity index (χ1) is 10.0. The smallest absolute Gasteiger partial charge is 0.128 e. The quantitative estimate of drug-likeness (QED) is 0.832. The minimum Gasteiger partial charge on any atom is -0.377 e. The Kier molecular flexibility index (Phi) is 5.23. The Morgan fingerprint density at radius 3 is 2.43 bits per heavy atom. The van der Waals surface area contributed by atoms with Gasteiger partial charge in [0.15, 0.2) is 0 Å². The molecule has 0 aliphatic rings. The summed E-state index contributed by atoms with van der Waals surface area (Å²) in [6.07, 6.45) is 1.93. The second kappa shape index (κ2) is 6.94. The second-order valence-electron chi connectivity index (χ2n) is 5.31. The van der Waals surface area contributed by atoms with E-state index in [-0.39, 0.29) is 0 Å². The van der Waals surface area contributed by atoms with E-state index in [1.807, 2.05) is 17.5 Å². The van der Waals surface area contributed by atoms with Gasteiger partial charge in [-0.1, -0.05) is 0 Å². The molecule has 0 bridgehead atoms. The molecule has 1 unspecified atom stereocenters. The van der Waals surface area contributed by atoms with Crippen molar-refractivity contribution in [1.82, 2.24) is 4.98 Å². The van der Waals surface area contributed by atoms with Crippen molar-refractivity contribution < 1.29 is 0 Å². The van der Waals surface area contributed by atoms with Gasteiger partial charge < -0.3 is 10.2 Å². The van der Waals surface area contributed by atoms with Crippen molar-refractivity contribution in [3.63, 3.8) is 0 Å². The highest BCUT2D eigenvalue weighted by Crippen LogP contribution is 2.28. The van der Waals surface area contributed by atoms with Crippen LogP contribution >= 0.6 is 11.3 Å². The van der Waals surface area contributed by atoms with E-state index in [2.05, 4.69) is 68.0 Å². The number of hydrogen-bond acceptors (Lipinski definition) is 4. The maximum Gasteiger partial charge on any atom is 0.128 e. The number of nitrogens with one attached hydrogen (secondary N) is 1. The topological polar surface area (TPSA) is 28.2 Å². The van der Waals surface area contributed by atoms with Crippen LogP contribution in [-0.2, 0) is 0 Å². The molecular weight excluding hydrogens is 278 g/mol. The van der Waals surface area contributed by atoms with Crippen LogP contribution in [0.3, 0.4) is 0 Å². The Labute approximate surface area is 132 Å². The Morgan fingerprint density at radius 2 is 1.95 bits per heavy atom. The molecule has 0 saturated carbocycles. The Bertz CT molecular complexity index is 570. The zero-order valence-electron chi connectivity index (χ0n) is 13.6. The molecule has 1 atom stereocenters. The number of aryl methyl sites for hydroxylation is 2. The summed E-state index contributed by atoms with van der Waals surface area (Å²) in [5.41, 5.74) is 2.45. The van der Waals surface area contributed by atoms with Crippen molar-refractivity contribution in [3.8, 4) is 0 Å². The molecule has 114 valence electrons. The molecule has 0 spiro atoms. The van der Waals surface area contributed by atoms with Crippen LogP contribution in [0.2, 0.25) is 0 Å². The summed E-state index contributed by atoms with van der Waals surface area (Å²) in [4.78, 5) is 9.57. The van der Waals surface area contributed by atoms with Crippen LogP contribution in [0.5, 0.6) is 0 Å². The summed E-state index contributed by atoms with van der Waals surface area (Å²) < 4.78 is 0. The minimum atomic E-state index is 0.302. The third-order valence-corrected chi connectivity index (χ3v) is 4.75. The normalized spacial score (nSPS) is 12.2. The molecule has 2 aromatic heterocycles. The molecule has 2 heterocycles. The predicted molar refractivity (Wildman–Crippen MR) is 93.6 cm³/mol. The number of nitrogens with zero attached hydrogens (tertiary/aromatic N) is 2. The first-order valence-electron chi connectivity index (χ1n) is 7.59. The average Bonchev–Trinajstić information content (AvgIpc) is 2.81. The maximum atomic E-state index is 4.56. The van der Waals surface area contributed by atoms with Crippen LogP contribution in [0.4, 0.5) is 11.5 Å². The Hall–Kier alpha value is -1.55. The maximum absolute atomic E-state index is 4.56. The molecule has 0 radical (unpaired) electrons. The van der Waals surface area contributed by atoms with E-state index in [1.165, 1.54) is 15.3 Å². The molecule has 1 N–H and O–H groups in total. The van der Waals surface area contributed by atoms with Gasteiger partial charge in [0.1, 0.15) is 5.82 Å². The van der Waals surface area contributed by atoms with Crippen LogP contribution in [0.25, 0.3) is 0 Å². The van der Waals surface area contributed by atoms with Gasteiger partial charge in [0.05, 0.1) is 11.9 Å². The van der Waals surface area contributed by atoms with Crippen LogP contribution < -0.4 is 10.2 Å². The van der Waals surface area contributed by atoms with E-state index in [4.69, 9.17) is 0 Å². The SMILES string of the molecule is CCN(CC)c1ccc(NC(C)c2cc(C)sc2C)cn1. The highest BCUT2D eigenvalue weighted by Gasteiger charge is 2.11. The average molecular weight is 303 g/mol. The fraction of sp³-hybridized carbons (Fsp3) is 0.471. The summed E-state index contributed by atoms with van der Waals surface area (Å²) in [5, 5.41) is 3.54. The van der Waals surface area contributed by atoms with Crippen molar-refractivity contribution in [2.75, 3.05) is 23.3 Å². The van der Waals surface area contributed by atoms with Gasteiger partial charge in [-0.3, -0.25) is 0 Å². The van der Waals surface area contributed by atoms with Crippen molar-refractivity contribution in [1.29, 1.82) is 0 Å². The predicted octanol–water partition coefficient (Wildman–Crippen LogP) is 4.78. The van der Waals surface area contributed by atoms with Gasteiger partial charge in [0, 0.05) is 28.9 Å². The Morgan fingerprint density at radius 1 is 1.24 bits per heavy atom. The molecular formula is C17H25N3S. The van der Waals surface area contributed by atoms with Gasteiger partial charge in [0.2, 0.25) is 0 Å². The minimum absolute atomic E-state index is 0.302. The van der Waals surface area contributed by atoms with E-state index in [9.17, 15) is 0 Å². The van der Waals surface area contributed by atoms with Crippen LogP contribution in [0.1, 0.15) is 42.1 Å². The first-order valence-corrected chi connectivity index (χ1v) is 8.41. The lowest BCUT2D eigenvalue weighted by molar-refractivity contribution is 0.843. The molecule has 2 aromatic rings. The molecule has 4 heteroatoms. The largest absolute Gasteiger partial charge is 0.377 e. The summed E-state index contributed by atoms with van der Waals surface area (Å²) in [5.74, 6) is 1.04. The third-order valence-electron chi connectivity index (χ3n) is 3.76. The zero-order valence-corrected chi connectivity index (χ0v) is 14.4. The first kappa shape index (κ1) is 15.8. The molecule has 0 aromatic carbocycles. The number of aromatic nitrogens is 1. The van der Waals surface area contributed by atoms with Gasteiger partial charge in [-0.25, -0.2) is 4.98 Å². The zero-order chi connectivity index (χ0) is 15.4. The Balaban J connectivity index is 2.08. The van der Waals surface area contributed by atoms with Gasteiger partial charge in [-0.05, 0) is 58.4 Å². The molecule has 0 amide bonds. The molecule has 0 fully saturated rings. The number of hydrogen-bond donors (Lipinski definition) is 1. The number of anilines is 2.